The summed E-state index contributed by atoms with van der Waals surface area (Å²) in [5.41, 5.74) is 5.69. The van der Waals surface area contributed by atoms with Crippen LogP contribution in [0.3, 0.4) is 0 Å². The summed E-state index contributed by atoms with van der Waals surface area (Å²) >= 11 is 0. The van der Waals surface area contributed by atoms with Gasteiger partial charge in [-0.3, -0.25) is 4.98 Å². The number of benzene rings is 4. The molecule has 0 spiro atoms. The Kier molecular flexibility index (Phi) is 6.51. The zero-order valence-electron chi connectivity index (χ0n) is 20.9. The fourth-order valence-corrected chi connectivity index (χ4v) is 5.12. The molecule has 0 aliphatic rings. The van der Waals surface area contributed by atoms with Crippen LogP contribution in [0, 0.1) is 17.7 Å². The molecule has 0 saturated heterocycles. The molecule has 0 fully saturated rings. The first kappa shape index (κ1) is 25.3. The summed E-state index contributed by atoms with van der Waals surface area (Å²) in [6, 6.07) is 22.7. The van der Waals surface area contributed by atoms with E-state index >= 15 is 4.39 Å². The van der Waals surface area contributed by atoms with Crippen LogP contribution in [0.25, 0.3) is 50.0 Å². The molecule has 1 radical (unpaired) electrons. The summed E-state index contributed by atoms with van der Waals surface area (Å²) in [5, 5.41) is 1.64. The molecule has 4 aromatic carbocycles. The van der Waals surface area contributed by atoms with Crippen molar-refractivity contribution in [3.8, 4) is 17.1 Å². The van der Waals surface area contributed by atoms with Crippen molar-refractivity contribution in [3.63, 3.8) is 0 Å². The van der Waals surface area contributed by atoms with Crippen molar-refractivity contribution in [1.82, 2.24) is 9.55 Å². The minimum absolute atomic E-state index is 0. The van der Waals surface area contributed by atoms with Gasteiger partial charge >= 0.3 is 0 Å². The Morgan fingerprint density at radius 2 is 1.57 bits per heavy atom. The average molecular weight is 672 g/mol. The maximum absolute atomic E-state index is 15.5. The SMILES string of the molecule is CC(C)c1cccc(C(C)C)c1-n1c(-c2[c-]ccc3c2oc2cc(F)ccc23)nc2cccc(F)c21.[Ir]. The van der Waals surface area contributed by atoms with Crippen LogP contribution in [0.5, 0.6) is 0 Å². The van der Waals surface area contributed by atoms with Gasteiger partial charge in [0.2, 0.25) is 0 Å². The van der Waals surface area contributed by atoms with E-state index in [4.69, 9.17) is 9.40 Å². The molecule has 0 atom stereocenters. The zero-order valence-corrected chi connectivity index (χ0v) is 23.3. The molecule has 2 aromatic heterocycles. The van der Waals surface area contributed by atoms with E-state index in [2.05, 4.69) is 52.0 Å². The molecular formula is C31H25F2IrN2O-. The Labute approximate surface area is 227 Å². The molecule has 0 bridgehead atoms. The van der Waals surface area contributed by atoms with Crippen molar-refractivity contribution in [1.29, 1.82) is 0 Å². The molecule has 2 heterocycles. The predicted molar refractivity (Wildman–Crippen MR) is 141 cm³/mol. The van der Waals surface area contributed by atoms with Crippen molar-refractivity contribution in [2.75, 3.05) is 0 Å². The Bertz CT molecular complexity index is 1760. The van der Waals surface area contributed by atoms with Gasteiger partial charge in [0, 0.05) is 37.2 Å². The van der Waals surface area contributed by atoms with Gasteiger partial charge in [-0.15, -0.1) is 18.2 Å². The molecule has 0 N–H and O–H groups in total. The number of fused-ring (bicyclic) bond motifs is 4. The van der Waals surface area contributed by atoms with Crippen LogP contribution in [0.15, 0.2) is 71.1 Å². The van der Waals surface area contributed by atoms with Crippen LogP contribution in [0.4, 0.5) is 8.78 Å². The number of nitrogens with zero attached hydrogens (tertiary/aromatic N) is 2. The fraction of sp³-hybridized carbons (Fsp3) is 0.194. The minimum atomic E-state index is -0.367. The molecule has 0 aliphatic carbocycles. The number of aromatic nitrogens is 2. The second-order valence-electron chi connectivity index (χ2n) is 9.81. The maximum Gasteiger partial charge on any atom is 0.148 e. The predicted octanol–water partition coefficient (Wildman–Crippen LogP) is 8.91. The third-order valence-corrected chi connectivity index (χ3v) is 6.81. The molecule has 0 aliphatic heterocycles. The van der Waals surface area contributed by atoms with Gasteiger partial charge in [-0.05, 0) is 47.2 Å². The van der Waals surface area contributed by atoms with E-state index in [9.17, 15) is 4.39 Å². The molecule has 0 saturated carbocycles. The Morgan fingerprint density at radius 3 is 2.27 bits per heavy atom. The first-order chi connectivity index (χ1) is 17.3. The van der Waals surface area contributed by atoms with Crippen molar-refractivity contribution in [2.24, 2.45) is 0 Å². The molecule has 37 heavy (non-hydrogen) atoms. The van der Waals surface area contributed by atoms with Gasteiger partial charge in [0.05, 0.1) is 22.4 Å². The largest absolute Gasteiger partial charge is 0.500 e. The maximum atomic E-state index is 15.5. The number of rotatable bonds is 4. The van der Waals surface area contributed by atoms with Gasteiger partial charge in [-0.25, -0.2) is 8.78 Å². The molecule has 6 aromatic rings. The van der Waals surface area contributed by atoms with Gasteiger partial charge < -0.3 is 8.98 Å². The van der Waals surface area contributed by atoms with Crippen LogP contribution in [-0.4, -0.2) is 9.55 Å². The van der Waals surface area contributed by atoms with E-state index in [-0.39, 0.29) is 43.6 Å². The Morgan fingerprint density at radius 1 is 0.865 bits per heavy atom. The molecule has 6 rings (SSSR count). The fourth-order valence-electron chi connectivity index (χ4n) is 5.12. The van der Waals surface area contributed by atoms with Crippen LogP contribution in [0.2, 0.25) is 0 Å². The van der Waals surface area contributed by atoms with Crippen LogP contribution < -0.4 is 0 Å². The number of furan rings is 1. The Hall–Kier alpha value is -3.34. The summed E-state index contributed by atoms with van der Waals surface area (Å²) < 4.78 is 37.6. The molecular weight excluding hydrogens is 647 g/mol. The topological polar surface area (TPSA) is 31.0 Å². The van der Waals surface area contributed by atoms with Crippen LogP contribution in [-0.2, 0) is 20.1 Å². The van der Waals surface area contributed by atoms with E-state index < -0.39 is 0 Å². The van der Waals surface area contributed by atoms with Crippen LogP contribution >= 0.6 is 0 Å². The number of hydrogen-bond acceptors (Lipinski definition) is 2. The van der Waals surface area contributed by atoms with Gasteiger partial charge in [0.1, 0.15) is 17.2 Å². The normalized spacial score (nSPS) is 11.8. The van der Waals surface area contributed by atoms with Crippen molar-refractivity contribution < 1.29 is 33.3 Å². The first-order valence-electron chi connectivity index (χ1n) is 12.2. The van der Waals surface area contributed by atoms with Gasteiger partial charge in [-0.2, -0.15) is 0 Å². The van der Waals surface area contributed by atoms with Crippen molar-refractivity contribution in [3.05, 3.63) is 95.6 Å². The number of halogens is 2. The van der Waals surface area contributed by atoms with E-state index in [0.29, 0.717) is 33.6 Å². The monoisotopic (exact) mass is 672 g/mol. The van der Waals surface area contributed by atoms with E-state index in [1.807, 2.05) is 22.8 Å². The first-order valence-corrected chi connectivity index (χ1v) is 12.2. The zero-order chi connectivity index (χ0) is 25.1. The Balaban J connectivity index is 0.00000280. The summed E-state index contributed by atoms with van der Waals surface area (Å²) in [6.07, 6.45) is 0. The quantitative estimate of drug-likeness (QED) is 0.175. The molecule has 189 valence electrons. The minimum Gasteiger partial charge on any atom is -0.500 e. The molecule has 6 heteroatoms. The van der Waals surface area contributed by atoms with Crippen molar-refractivity contribution in [2.45, 2.75) is 39.5 Å². The smallest absolute Gasteiger partial charge is 0.148 e. The van der Waals surface area contributed by atoms with Crippen LogP contribution in [0.1, 0.15) is 50.7 Å². The molecule has 3 nitrogen and oxygen atoms in total. The van der Waals surface area contributed by atoms with E-state index in [1.54, 1.807) is 12.1 Å². The summed E-state index contributed by atoms with van der Waals surface area (Å²) in [7, 11) is 0. The average Bonchev–Trinajstić information content (AvgIpc) is 3.42. The summed E-state index contributed by atoms with van der Waals surface area (Å²) in [5.74, 6) is 0.219. The van der Waals surface area contributed by atoms with Gasteiger partial charge in [0.25, 0.3) is 0 Å². The van der Waals surface area contributed by atoms with Gasteiger partial charge in [-0.1, -0.05) is 62.9 Å². The molecule has 0 unspecified atom stereocenters. The van der Waals surface area contributed by atoms with E-state index in [1.165, 1.54) is 18.2 Å². The van der Waals surface area contributed by atoms with E-state index in [0.717, 1.165) is 27.6 Å². The van der Waals surface area contributed by atoms with Crippen molar-refractivity contribution >= 4 is 33.0 Å². The third-order valence-electron chi connectivity index (χ3n) is 6.81. The number of para-hydroxylation sites is 2. The molecule has 0 amide bonds. The van der Waals surface area contributed by atoms with Gasteiger partial charge in [0.15, 0.2) is 0 Å². The number of imidazole rings is 1. The second kappa shape index (κ2) is 9.51. The standard InChI is InChI=1S/C31H25F2N2O.Ir/c1-17(2)20-8-5-9-21(18(3)4)28(20)35-29-25(33)12-7-13-26(29)34-31(35)24-11-6-10-23-22-15-14-19(32)16-27(22)36-30(23)24;/h5-10,12-18H,1-4H3;/q-1;. The second-order valence-corrected chi connectivity index (χ2v) is 9.81. The summed E-state index contributed by atoms with van der Waals surface area (Å²) in [4.78, 5) is 4.92. The summed E-state index contributed by atoms with van der Waals surface area (Å²) in [6.45, 7) is 8.55. The number of hydrogen-bond donors (Lipinski definition) is 0. The third kappa shape index (κ3) is 4.00.